The van der Waals surface area contributed by atoms with E-state index < -0.39 is 16.8 Å². The van der Waals surface area contributed by atoms with Crippen LogP contribution in [0.3, 0.4) is 0 Å². The summed E-state index contributed by atoms with van der Waals surface area (Å²) in [7, 11) is 0.787. The maximum Gasteiger partial charge on any atom is 0.308 e. The Balaban J connectivity index is 3.06. The van der Waals surface area contributed by atoms with E-state index in [0.29, 0.717) is 0 Å². The predicted octanol–water partition coefficient (Wildman–Crippen LogP) is 0.696. The van der Waals surface area contributed by atoms with Gasteiger partial charge >= 0.3 is 8.56 Å². The van der Waals surface area contributed by atoms with Gasteiger partial charge in [-0.2, -0.15) is 0 Å². The Hall–Kier alpha value is -0.466. The van der Waals surface area contributed by atoms with Crippen molar-refractivity contribution in [2.24, 2.45) is 0 Å². The van der Waals surface area contributed by atoms with Gasteiger partial charge in [0.2, 0.25) is 0 Å². The molecule has 0 radical (unpaired) electrons. The van der Waals surface area contributed by atoms with Gasteiger partial charge in [-0.15, -0.1) is 0 Å². The minimum absolute atomic E-state index is 1.33. The van der Waals surface area contributed by atoms with E-state index in [1.807, 2.05) is 14.1 Å². The first kappa shape index (κ1) is 13.6. The van der Waals surface area contributed by atoms with Crippen LogP contribution in [0, 0.1) is 0 Å². The van der Waals surface area contributed by atoms with Crippen molar-refractivity contribution in [3.8, 4) is 0 Å². The zero-order chi connectivity index (χ0) is 12.2. The van der Waals surface area contributed by atoms with Crippen molar-refractivity contribution in [2.45, 2.75) is 19.6 Å². The molecule has 3 N–H and O–H groups in total. The summed E-state index contributed by atoms with van der Waals surface area (Å²) in [5.74, 6) is 0. The van der Waals surface area contributed by atoms with Crippen LogP contribution in [0.25, 0.3) is 0 Å². The van der Waals surface area contributed by atoms with Crippen molar-refractivity contribution < 1.29 is 0 Å². The molecule has 1 rings (SSSR count). The highest BCUT2D eigenvalue weighted by Crippen LogP contribution is 2.00. The summed E-state index contributed by atoms with van der Waals surface area (Å²) in [5, 5.41) is 1.35. The Morgan fingerprint density at radius 1 is 0.875 bits per heavy atom. The fourth-order valence-electron chi connectivity index (χ4n) is 1.86. The van der Waals surface area contributed by atoms with Crippen LogP contribution in [0.5, 0.6) is 0 Å². The van der Waals surface area contributed by atoms with Crippen LogP contribution in [-0.2, 0) is 0 Å². The van der Waals surface area contributed by atoms with E-state index in [1.54, 1.807) is 0 Å². The highest BCUT2D eigenvalue weighted by atomic mass is 28.4. The fourth-order valence-corrected chi connectivity index (χ4v) is 9.46. The first-order valence-corrected chi connectivity index (χ1v) is 11.2. The molecule has 0 unspecified atom stereocenters. The number of hydrogen-bond donors (Lipinski definition) is 3. The second-order valence-corrected chi connectivity index (χ2v) is 13.6. The van der Waals surface area contributed by atoms with Gasteiger partial charge in [0.25, 0.3) is 0 Å². The molecule has 5 heteroatoms. The molecule has 0 aliphatic rings. The summed E-state index contributed by atoms with van der Waals surface area (Å²) in [6.07, 6.45) is 0. The van der Waals surface area contributed by atoms with Gasteiger partial charge < -0.3 is 14.6 Å². The Morgan fingerprint density at radius 3 is 1.75 bits per heavy atom. The molecule has 0 saturated heterocycles. The largest absolute Gasteiger partial charge is 0.331 e. The minimum atomic E-state index is -1.94. The summed E-state index contributed by atoms with van der Waals surface area (Å²) >= 11 is 0. The fraction of sp³-hybridized carbons (Fsp3) is 0.455. The molecule has 0 fully saturated rings. The van der Waals surface area contributed by atoms with Crippen LogP contribution >= 0.6 is 0 Å². The average Bonchev–Trinajstić information content (AvgIpc) is 2.26. The monoisotopic (exact) mass is 253 g/mol. The van der Waals surface area contributed by atoms with E-state index in [0.717, 1.165) is 0 Å². The quantitative estimate of drug-likeness (QED) is 0.676. The smallest absolute Gasteiger partial charge is 0.308 e. The van der Waals surface area contributed by atoms with Crippen LogP contribution < -0.4 is 19.8 Å². The van der Waals surface area contributed by atoms with Crippen molar-refractivity contribution in [1.82, 2.24) is 14.6 Å². The molecule has 0 heterocycles. The van der Waals surface area contributed by atoms with E-state index >= 15 is 0 Å². The van der Waals surface area contributed by atoms with Crippen LogP contribution in [0.4, 0.5) is 0 Å². The van der Waals surface area contributed by atoms with Gasteiger partial charge in [0.15, 0.2) is 0 Å². The van der Waals surface area contributed by atoms with Crippen molar-refractivity contribution >= 4 is 22.0 Å². The number of benzene rings is 1. The molecular weight excluding hydrogens is 230 g/mol. The lowest BCUT2D eigenvalue weighted by molar-refractivity contribution is 0.983. The summed E-state index contributed by atoms with van der Waals surface area (Å²) in [6, 6.07) is 10.6. The Labute approximate surface area is 101 Å². The summed E-state index contributed by atoms with van der Waals surface area (Å²) in [6.45, 7) is 6.98. The molecule has 0 spiro atoms. The highest BCUT2D eigenvalue weighted by Gasteiger charge is 2.37. The Morgan fingerprint density at radius 2 is 1.38 bits per heavy atom. The van der Waals surface area contributed by atoms with Gasteiger partial charge in [-0.3, -0.25) is 0 Å². The van der Waals surface area contributed by atoms with Gasteiger partial charge in [-0.1, -0.05) is 50.0 Å². The van der Waals surface area contributed by atoms with Crippen molar-refractivity contribution in [3.05, 3.63) is 30.3 Å². The summed E-state index contributed by atoms with van der Waals surface area (Å²) < 4.78 is 3.84. The lowest BCUT2D eigenvalue weighted by Gasteiger charge is -2.37. The number of hydrogen-bond acceptors (Lipinski definition) is 3. The zero-order valence-electron chi connectivity index (χ0n) is 10.9. The second kappa shape index (κ2) is 5.24. The van der Waals surface area contributed by atoms with Crippen molar-refractivity contribution in [2.75, 3.05) is 14.1 Å². The lowest BCUT2D eigenvalue weighted by atomic mass is 10.4. The predicted molar refractivity (Wildman–Crippen MR) is 76.4 cm³/mol. The number of nitrogens with one attached hydrogen (secondary N) is 3. The normalized spacial score (nSPS) is 12.8. The zero-order valence-corrected chi connectivity index (χ0v) is 12.9. The standard InChI is InChI=1S/C11H23N3Si2/c1-12-16(13-2,14-15(3,4)5)11-9-7-6-8-10-11/h6-10,12-14H,1-5H3. The van der Waals surface area contributed by atoms with E-state index in [9.17, 15) is 0 Å². The maximum atomic E-state index is 3.84. The second-order valence-electron chi connectivity index (χ2n) is 4.99. The Bertz CT molecular complexity index is 318. The van der Waals surface area contributed by atoms with E-state index in [4.69, 9.17) is 0 Å². The van der Waals surface area contributed by atoms with Gasteiger partial charge in [-0.25, -0.2) is 0 Å². The molecule has 0 aliphatic heterocycles. The van der Waals surface area contributed by atoms with E-state index in [2.05, 4.69) is 64.6 Å². The molecule has 0 saturated carbocycles. The molecule has 1 aromatic carbocycles. The van der Waals surface area contributed by atoms with Gasteiger partial charge in [0.05, 0.1) is 0 Å². The van der Waals surface area contributed by atoms with Gasteiger partial charge in [0, 0.05) is 0 Å². The molecular formula is C11H23N3Si2. The first-order valence-electron chi connectivity index (χ1n) is 5.66. The van der Waals surface area contributed by atoms with Crippen molar-refractivity contribution in [1.29, 1.82) is 0 Å². The SMILES string of the molecule is CN[Si](NC)(N[Si](C)(C)C)c1ccccc1. The molecule has 0 aliphatic carbocycles. The van der Waals surface area contributed by atoms with Crippen molar-refractivity contribution in [3.63, 3.8) is 0 Å². The molecule has 0 bridgehead atoms. The molecule has 0 aromatic heterocycles. The molecule has 16 heavy (non-hydrogen) atoms. The molecule has 0 amide bonds. The lowest BCUT2D eigenvalue weighted by Crippen LogP contribution is -2.81. The van der Waals surface area contributed by atoms with Crippen LogP contribution in [-0.4, -0.2) is 30.9 Å². The molecule has 90 valence electrons. The highest BCUT2D eigenvalue weighted by molar-refractivity contribution is 6.96. The molecule has 3 nitrogen and oxygen atoms in total. The van der Waals surface area contributed by atoms with E-state index in [-0.39, 0.29) is 0 Å². The third-order valence-corrected chi connectivity index (χ3v) is 9.72. The topological polar surface area (TPSA) is 36.1 Å². The Kier molecular flexibility index (Phi) is 4.46. The summed E-state index contributed by atoms with van der Waals surface area (Å²) in [4.78, 5) is 6.98. The van der Waals surface area contributed by atoms with Crippen LogP contribution in [0.15, 0.2) is 30.3 Å². The molecule has 0 atom stereocenters. The molecule has 1 aromatic rings. The average molecular weight is 253 g/mol. The van der Waals surface area contributed by atoms with Crippen LogP contribution in [0.1, 0.15) is 0 Å². The third-order valence-electron chi connectivity index (χ3n) is 2.52. The van der Waals surface area contributed by atoms with Gasteiger partial charge in [0.1, 0.15) is 8.24 Å². The summed E-state index contributed by atoms with van der Waals surface area (Å²) in [5.41, 5.74) is 0. The van der Waals surface area contributed by atoms with Crippen LogP contribution in [0.2, 0.25) is 19.6 Å². The van der Waals surface area contributed by atoms with E-state index in [1.165, 1.54) is 5.19 Å². The maximum absolute atomic E-state index is 3.84. The third kappa shape index (κ3) is 3.26. The minimum Gasteiger partial charge on any atom is -0.331 e. The first-order chi connectivity index (χ1) is 7.43. The van der Waals surface area contributed by atoms with Gasteiger partial charge in [-0.05, 0) is 19.3 Å². The number of rotatable bonds is 5.